The van der Waals surface area contributed by atoms with Crippen LogP contribution in [-0.2, 0) is 11.2 Å². The summed E-state index contributed by atoms with van der Waals surface area (Å²) in [6, 6.07) is 9.95. The Morgan fingerprint density at radius 2 is 2.00 bits per heavy atom. The molecule has 0 amide bonds. The number of hydrogen-bond donors (Lipinski definition) is 0. The second-order valence-electron chi connectivity index (χ2n) is 2.91. The summed E-state index contributed by atoms with van der Waals surface area (Å²) in [6.07, 6.45) is 6.63. The third-order valence-electron chi connectivity index (χ3n) is 1.83. The topological polar surface area (TPSA) is 17.1 Å². The molecule has 13 heavy (non-hydrogen) atoms. The van der Waals surface area contributed by atoms with E-state index >= 15 is 0 Å². The van der Waals surface area contributed by atoms with Gasteiger partial charge >= 0.3 is 0 Å². The molecule has 0 aromatic heterocycles. The minimum absolute atomic E-state index is 0.145. The summed E-state index contributed by atoms with van der Waals surface area (Å²) in [7, 11) is 0. The molecule has 0 N–H and O–H groups in total. The fourth-order valence-corrected chi connectivity index (χ4v) is 1.13. The van der Waals surface area contributed by atoms with Crippen molar-refractivity contribution >= 4 is 5.78 Å². The molecule has 66 valence electrons. The van der Waals surface area contributed by atoms with Gasteiger partial charge in [-0.1, -0.05) is 36.3 Å². The van der Waals surface area contributed by atoms with Crippen molar-refractivity contribution in [3.63, 3.8) is 0 Å². The maximum atomic E-state index is 11.1. The maximum Gasteiger partial charge on any atom is 0.145 e. The lowest BCUT2D eigenvalue weighted by Crippen LogP contribution is -1.98. The maximum absolute atomic E-state index is 11.1. The first-order valence-electron chi connectivity index (χ1n) is 4.32. The fraction of sp³-hybridized carbons (Fsp3) is 0.250. The van der Waals surface area contributed by atoms with Gasteiger partial charge in [-0.15, -0.1) is 6.42 Å². The molecule has 0 aliphatic carbocycles. The molecule has 1 rings (SSSR count). The lowest BCUT2D eigenvalue weighted by Gasteiger charge is -1.97. The Balaban J connectivity index is 2.36. The molecule has 0 saturated heterocycles. The van der Waals surface area contributed by atoms with Crippen LogP contribution in [0.3, 0.4) is 0 Å². The van der Waals surface area contributed by atoms with Crippen molar-refractivity contribution < 1.29 is 4.79 Å². The Bertz CT molecular complexity index is 306. The highest BCUT2D eigenvalue weighted by Crippen LogP contribution is 2.03. The highest BCUT2D eigenvalue weighted by atomic mass is 16.1. The van der Waals surface area contributed by atoms with Crippen LogP contribution >= 0.6 is 0 Å². The molecular weight excluding hydrogens is 160 g/mol. The van der Waals surface area contributed by atoms with E-state index in [1.807, 2.05) is 30.3 Å². The van der Waals surface area contributed by atoms with Crippen LogP contribution in [0.25, 0.3) is 0 Å². The molecule has 0 bridgehead atoms. The average Bonchev–Trinajstić information content (AvgIpc) is 2.17. The zero-order valence-corrected chi connectivity index (χ0v) is 7.49. The van der Waals surface area contributed by atoms with Crippen molar-refractivity contribution in [3.05, 3.63) is 35.9 Å². The molecule has 0 aliphatic heterocycles. The van der Waals surface area contributed by atoms with E-state index in [0.717, 1.165) is 6.42 Å². The van der Waals surface area contributed by atoms with Gasteiger partial charge in [0, 0.05) is 6.42 Å². The molecule has 1 nitrogen and oxygen atoms in total. The molecule has 0 unspecified atom stereocenters. The lowest BCUT2D eigenvalue weighted by atomic mass is 10.1. The minimum atomic E-state index is 0.145. The number of Topliss-reactive ketones (excluding diaryl/α,β-unsaturated/α-hetero) is 1. The van der Waals surface area contributed by atoms with Crippen LogP contribution in [0.1, 0.15) is 18.4 Å². The van der Waals surface area contributed by atoms with Gasteiger partial charge in [-0.05, 0) is 12.0 Å². The van der Waals surface area contributed by atoms with Crippen LogP contribution in [0.5, 0.6) is 0 Å². The molecule has 0 spiro atoms. The first-order valence-corrected chi connectivity index (χ1v) is 4.32. The first kappa shape index (κ1) is 9.54. The normalized spacial score (nSPS) is 9.15. The highest BCUT2D eigenvalue weighted by molar-refractivity contribution is 5.80. The molecule has 1 heteroatoms. The van der Waals surface area contributed by atoms with Crippen LogP contribution in [0, 0.1) is 12.3 Å². The van der Waals surface area contributed by atoms with Gasteiger partial charge in [-0.2, -0.15) is 0 Å². The SMILES string of the molecule is C#CCC(=O)CCc1ccccc1. The quantitative estimate of drug-likeness (QED) is 0.636. The van der Waals surface area contributed by atoms with E-state index in [0.29, 0.717) is 6.42 Å². The molecule has 0 aliphatic rings. The van der Waals surface area contributed by atoms with Gasteiger partial charge in [0.15, 0.2) is 0 Å². The summed E-state index contributed by atoms with van der Waals surface area (Å²) >= 11 is 0. The standard InChI is InChI=1S/C12H12O/c1-2-6-12(13)10-9-11-7-4-3-5-8-11/h1,3-5,7-8H,6,9-10H2. The van der Waals surface area contributed by atoms with Crippen molar-refractivity contribution in [2.45, 2.75) is 19.3 Å². The second kappa shape index (κ2) is 5.16. The average molecular weight is 172 g/mol. The molecule has 0 atom stereocenters. The molecule has 0 saturated carbocycles. The van der Waals surface area contributed by atoms with Gasteiger partial charge in [0.25, 0.3) is 0 Å². The van der Waals surface area contributed by atoms with Crippen molar-refractivity contribution in [2.24, 2.45) is 0 Å². The van der Waals surface area contributed by atoms with E-state index in [9.17, 15) is 4.79 Å². The number of rotatable bonds is 4. The number of aryl methyl sites for hydroxylation is 1. The lowest BCUT2D eigenvalue weighted by molar-refractivity contribution is -0.118. The van der Waals surface area contributed by atoms with Crippen molar-refractivity contribution in [2.75, 3.05) is 0 Å². The minimum Gasteiger partial charge on any atom is -0.299 e. The molecular formula is C12H12O. The van der Waals surface area contributed by atoms with Gasteiger partial charge in [-0.3, -0.25) is 4.79 Å². The fourth-order valence-electron chi connectivity index (χ4n) is 1.13. The Labute approximate surface area is 78.8 Å². The third-order valence-corrected chi connectivity index (χ3v) is 1.83. The monoisotopic (exact) mass is 172 g/mol. The molecule has 0 fully saturated rings. The van der Waals surface area contributed by atoms with E-state index in [1.165, 1.54) is 5.56 Å². The van der Waals surface area contributed by atoms with E-state index in [2.05, 4.69) is 5.92 Å². The zero-order chi connectivity index (χ0) is 9.52. The van der Waals surface area contributed by atoms with Gasteiger partial charge in [0.05, 0.1) is 6.42 Å². The zero-order valence-electron chi connectivity index (χ0n) is 7.49. The van der Waals surface area contributed by atoms with Crippen LogP contribution in [0.2, 0.25) is 0 Å². The third kappa shape index (κ3) is 3.57. The first-order chi connectivity index (χ1) is 6.33. The Morgan fingerprint density at radius 1 is 1.31 bits per heavy atom. The molecule has 1 aromatic rings. The highest BCUT2D eigenvalue weighted by Gasteiger charge is 1.99. The van der Waals surface area contributed by atoms with Crippen LogP contribution in [0.4, 0.5) is 0 Å². The molecule has 1 aromatic carbocycles. The predicted molar refractivity (Wildman–Crippen MR) is 53.2 cm³/mol. The van der Waals surface area contributed by atoms with Gasteiger partial charge in [0.2, 0.25) is 0 Å². The Kier molecular flexibility index (Phi) is 3.78. The molecule has 0 heterocycles. The van der Waals surface area contributed by atoms with Gasteiger partial charge < -0.3 is 0 Å². The number of terminal acetylenes is 1. The smallest absolute Gasteiger partial charge is 0.145 e. The largest absolute Gasteiger partial charge is 0.299 e. The van der Waals surface area contributed by atoms with Crippen LogP contribution in [0.15, 0.2) is 30.3 Å². The summed E-state index contributed by atoms with van der Waals surface area (Å²) in [5.74, 6) is 2.50. The van der Waals surface area contributed by atoms with Crippen molar-refractivity contribution in [3.8, 4) is 12.3 Å². The Hall–Kier alpha value is -1.55. The van der Waals surface area contributed by atoms with Crippen LogP contribution < -0.4 is 0 Å². The summed E-state index contributed by atoms with van der Waals surface area (Å²) < 4.78 is 0. The van der Waals surface area contributed by atoms with Crippen molar-refractivity contribution in [1.82, 2.24) is 0 Å². The van der Waals surface area contributed by atoms with E-state index in [4.69, 9.17) is 6.42 Å². The number of benzene rings is 1. The second-order valence-corrected chi connectivity index (χ2v) is 2.91. The molecule has 0 radical (unpaired) electrons. The summed E-state index contributed by atoms with van der Waals surface area (Å²) in [5.41, 5.74) is 1.19. The van der Waals surface area contributed by atoms with Gasteiger partial charge in [-0.25, -0.2) is 0 Å². The number of hydrogen-bond acceptors (Lipinski definition) is 1. The van der Waals surface area contributed by atoms with Crippen LogP contribution in [-0.4, -0.2) is 5.78 Å². The van der Waals surface area contributed by atoms with Crippen molar-refractivity contribution in [1.29, 1.82) is 0 Å². The number of ketones is 1. The Morgan fingerprint density at radius 3 is 2.62 bits per heavy atom. The summed E-state index contributed by atoms with van der Waals surface area (Å²) in [4.78, 5) is 11.1. The summed E-state index contributed by atoms with van der Waals surface area (Å²) in [6.45, 7) is 0. The number of carbonyl (C=O) groups is 1. The van der Waals surface area contributed by atoms with E-state index < -0.39 is 0 Å². The van der Waals surface area contributed by atoms with Gasteiger partial charge in [0.1, 0.15) is 5.78 Å². The van der Waals surface area contributed by atoms with E-state index in [-0.39, 0.29) is 12.2 Å². The number of carbonyl (C=O) groups excluding carboxylic acids is 1. The summed E-state index contributed by atoms with van der Waals surface area (Å²) in [5, 5.41) is 0. The van der Waals surface area contributed by atoms with E-state index in [1.54, 1.807) is 0 Å². The predicted octanol–water partition coefficient (Wildman–Crippen LogP) is 2.21.